The third kappa shape index (κ3) is 5.27. The SMILES string of the molecule is CCOC(=O)Nc1ccc(NC2=NCCCC2)c(C)c1.Cl. The van der Waals surface area contributed by atoms with Crippen molar-refractivity contribution in [3.8, 4) is 0 Å². The first-order chi connectivity index (χ1) is 9.69. The highest BCUT2D eigenvalue weighted by Crippen LogP contribution is 2.21. The van der Waals surface area contributed by atoms with Gasteiger partial charge in [-0.05, 0) is 50.5 Å². The van der Waals surface area contributed by atoms with Crippen molar-refractivity contribution in [3.05, 3.63) is 23.8 Å². The maximum Gasteiger partial charge on any atom is 0.411 e. The molecule has 0 spiro atoms. The van der Waals surface area contributed by atoms with E-state index in [-0.39, 0.29) is 12.4 Å². The van der Waals surface area contributed by atoms with Gasteiger partial charge in [-0.2, -0.15) is 0 Å². The second-order valence-electron chi connectivity index (χ2n) is 4.79. The van der Waals surface area contributed by atoms with E-state index in [0.29, 0.717) is 6.61 Å². The van der Waals surface area contributed by atoms with Crippen molar-refractivity contribution in [2.45, 2.75) is 33.1 Å². The van der Waals surface area contributed by atoms with Gasteiger partial charge in [-0.15, -0.1) is 12.4 Å². The molecule has 0 atom stereocenters. The molecule has 0 saturated heterocycles. The summed E-state index contributed by atoms with van der Waals surface area (Å²) in [6.07, 6.45) is 2.94. The number of aliphatic imine (C=N–C) groups is 1. The summed E-state index contributed by atoms with van der Waals surface area (Å²) in [5.41, 5.74) is 2.82. The first kappa shape index (κ1) is 17.3. The predicted molar refractivity (Wildman–Crippen MR) is 88.8 cm³/mol. The van der Waals surface area contributed by atoms with Crippen LogP contribution >= 0.6 is 12.4 Å². The summed E-state index contributed by atoms with van der Waals surface area (Å²) in [4.78, 5) is 15.8. The molecule has 1 amide bonds. The average Bonchev–Trinajstić information content (AvgIpc) is 2.43. The van der Waals surface area contributed by atoms with E-state index in [1.54, 1.807) is 6.92 Å². The normalized spacial score (nSPS) is 13.7. The van der Waals surface area contributed by atoms with Gasteiger partial charge in [-0.3, -0.25) is 10.3 Å². The van der Waals surface area contributed by atoms with Gasteiger partial charge in [0.25, 0.3) is 0 Å². The number of anilines is 2. The van der Waals surface area contributed by atoms with Crippen LogP contribution in [-0.4, -0.2) is 25.1 Å². The van der Waals surface area contributed by atoms with Gasteiger partial charge in [-0.25, -0.2) is 4.79 Å². The number of aryl methyl sites for hydroxylation is 1. The number of benzene rings is 1. The zero-order chi connectivity index (χ0) is 14.4. The van der Waals surface area contributed by atoms with Crippen molar-refractivity contribution >= 4 is 35.7 Å². The number of amidine groups is 1. The molecule has 1 aromatic rings. The third-order valence-corrected chi connectivity index (χ3v) is 3.15. The Bertz CT molecular complexity index is 518. The Morgan fingerprint density at radius 1 is 1.38 bits per heavy atom. The molecule has 0 aliphatic carbocycles. The van der Waals surface area contributed by atoms with Crippen LogP contribution in [0.5, 0.6) is 0 Å². The molecule has 2 rings (SSSR count). The fourth-order valence-electron chi connectivity index (χ4n) is 2.12. The Balaban J connectivity index is 0.00000220. The van der Waals surface area contributed by atoms with E-state index in [1.165, 1.54) is 12.8 Å². The molecule has 1 heterocycles. The second-order valence-corrected chi connectivity index (χ2v) is 4.79. The number of amides is 1. The molecule has 0 unspecified atom stereocenters. The summed E-state index contributed by atoms with van der Waals surface area (Å²) in [7, 11) is 0. The van der Waals surface area contributed by atoms with E-state index in [4.69, 9.17) is 4.74 Å². The maximum absolute atomic E-state index is 11.4. The molecule has 0 fully saturated rings. The first-order valence-corrected chi connectivity index (χ1v) is 7.04. The van der Waals surface area contributed by atoms with Crippen LogP contribution in [0, 0.1) is 6.92 Å². The zero-order valence-electron chi connectivity index (χ0n) is 12.4. The first-order valence-electron chi connectivity index (χ1n) is 7.04. The highest BCUT2D eigenvalue weighted by molar-refractivity contribution is 5.96. The lowest BCUT2D eigenvalue weighted by molar-refractivity contribution is 0.168. The molecule has 6 heteroatoms. The number of hydrogen-bond donors (Lipinski definition) is 2. The smallest absolute Gasteiger partial charge is 0.411 e. The molecule has 0 radical (unpaired) electrons. The van der Waals surface area contributed by atoms with E-state index in [1.807, 2.05) is 25.1 Å². The van der Waals surface area contributed by atoms with Crippen LogP contribution in [0.3, 0.4) is 0 Å². The van der Waals surface area contributed by atoms with Gasteiger partial charge in [0.15, 0.2) is 0 Å². The van der Waals surface area contributed by atoms with Crippen LogP contribution in [0.4, 0.5) is 16.2 Å². The Morgan fingerprint density at radius 3 is 2.81 bits per heavy atom. The molecule has 1 aliphatic rings. The van der Waals surface area contributed by atoms with Crippen molar-refractivity contribution in [3.63, 3.8) is 0 Å². The van der Waals surface area contributed by atoms with Crippen molar-refractivity contribution in [2.75, 3.05) is 23.8 Å². The zero-order valence-corrected chi connectivity index (χ0v) is 13.3. The molecule has 1 aliphatic heterocycles. The summed E-state index contributed by atoms with van der Waals surface area (Å²) >= 11 is 0. The minimum absolute atomic E-state index is 0. The number of hydrogen-bond acceptors (Lipinski definition) is 4. The molecular weight excluding hydrogens is 290 g/mol. The number of nitrogens with zero attached hydrogens (tertiary/aromatic N) is 1. The van der Waals surface area contributed by atoms with Crippen molar-refractivity contribution in [1.82, 2.24) is 0 Å². The minimum atomic E-state index is -0.427. The molecule has 0 aromatic heterocycles. The quantitative estimate of drug-likeness (QED) is 0.887. The standard InChI is InChI=1S/C15H21N3O2.ClH/c1-3-20-15(19)17-12-7-8-13(11(2)10-12)18-14-6-4-5-9-16-14;/h7-8,10H,3-6,9H2,1-2H3,(H,16,18)(H,17,19);1H. The average molecular weight is 312 g/mol. The summed E-state index contributed by atoms with van der Waals surface area (Å²) in [5, 5.41) is 6.06. The van der Waals surface area contributed by atoms with Gasteiger partial charge in [0, 0.05) is 24.3 Å². The Labute approximate surface area is 131 Å². The fraction of sp³-hybridized carbons (Fsp3) is 0.467. The van der Waals surface area contributed by atoms with Crippen molar-refractivity contribution in [2.24, 2.45) is 4.99 Å². The number of ether oxygens (including phenoxy) is 1. The third-order valence-electron chi connectivity index (χ3n) is 3.15. The summed E-state index contributed by atoms with van der Waals surface area (Å²) in [6, 6.07) is 5.73. The molecular formula is C15H22ClN3O2. The van der Waals surface area contributed by atoms with Crippen LogP contribution in [0.15, 0.2) is 23.2 Å². The van der Waals surface area contributed by atoms with Crippen LogP contribution < -0.4 is 10.6 Å². The highest BCUT2D eigenvalue weighted by Gasteiger charge is 2.08. The highest BCUT2D eigenvalue weighted by atomic mass is 35.5. The lowest BCUT2D eigenvalue weighted by Crippen LogP contribution is -2.17. The number of halogens is 1. The van der Waals surface area contributed by atoms with E-state index < -0.39 is 6.09 Å². The number of nitrogens with one attached hydrogen (secondary N) is 2. The lowest BCUT2D eigenvalue weighted by Gasteiger charge is -2.16. The molecule has 0 saturated carbocycles. The van der Waals surface area contributed by atoms with E-state index in [2.05, 4.69) is 15.6 Å². The predicted octanol–water partition coefficient (Wildman–Crippen LogP) is 3.98. The second kappa shape index (κ2) is 8.52. The van der Waals surface area contributed by atoms with Crippen LogP contribution in [0.2, 0.25) is 0 Å². The van der Waals surface area contributed by atoms with Crippen LogP contribution in [-0.2, 0) is 4.74 Å². The molecule has 1 aromatic carbocycles. The maximum atomic E-state index is 11.4. The minimum Gasteiger partial charge on any atom is -0.450 e. The van der Waals surface area contributed by atoms with Gasteiger partial charge in [0.1, 0.15) is 5.84 Å². The largest absolute Gasteiger partial charge is 0.450 e. The lowest BCUT2D eigenvalue weighted by atomic mass is 10.1. The van der Waals surface area contributed by atoms with Gasteiger partial charge >= 0.3 is 6.09 Å². The Kier molecular flexibility index (Phi) is 7.02. The van der Waals surface area contributed by atoms with Gasteiger partial charge in [0.05, 0.1) is 6.61 Å². The van der Waals surface area contributed by atoms with Gasteiger partial charge in [-0.1, -0.05) is 0 Å². The Morgan fingerprint density at radius 2 is 2.19 bits per heavy atom. The van der Waals surface area contributed by atoms with Crippen LogP contribution in [0.1, 0.15) is 31.7 Å². The number of carbonyl (C=O) groups excluding carboxylic acids is 1. The molecule has 5 nitrogen and oxygen atoms in total. The number of rotatable bonds is 3. The van der Waals surface area contributed by atoms with Crippen molar-refractivity contribution < 1.29 is 9.53 Å². The van der Waals surface area contributed by atoms with E-state index in [9.17, 15) is 4.79 Å². The molecule has 0 bridgehead atoms. The van der Waals surface area contributed by atoms with Crippen molar-refractivity contribution in [1.29, 1.82) is 0 Å². The van der Waals surface area contributed by atoms with Gasteiger partial charge < -0.3 is 10.1 Å². The van der Waals surface area contributed by atoms with Crippen LogP contribution in [0.25, 0.3) is 0 Å². The molecule has 2 N–H and O–H groups in total. The van der Waals surface area contributed by atoms with E-state index in [0.717, 1.165) is 35.7 Å². The fourth-order valence-corrected chi connectivity index (χ4v) is 2.12. The number of carbonyl (C=O) groups is 1. The molecule has 116 valence electrons. The van der Waals surface area contributed by atoms with Gasteiger partial charge in [0.2, 0.25) is 0 Å². The molecule has 21 heavy (non-hydrogen) atoms. The monoisotopic (exact) mass is 311 g/mol. The topological polar surface area (TPSA) is 62.7 Å². The summed E-state index contributed by atoms with van der Waals surface area (Å²) in [6.45, 7) is 5.05. The summed E-state index contributed by atoms with van der Waals surface area (Å²) in [5.74, 6) is 1.05. The summed E-state index contributed by atoms with van der Waals surface area (Å²) < 4.78 is 4.85. The Hall–Kier alpha value is -1.75. The van der Waals surface area contributed by atoms with E-state index >= 15 is 0 Å².